The van der Waals surface area contributed by atoms with Crippen LogP contribution in [0.4, 0.5) is 18.9 Å². The second-order valence-electron chi connectivity index (χ2n) is 2.23. The van der Waals surface area contributed by atoms with Crippen molar-refractivity contribution >= 4 is 17.0 Å². The summed E-state index contributed by atoms with van der Waals surface area (Å²) >= 11 is 1.48. The first-order valence-corrected chi connectivity index (χ1v) is 4.49. The molecule has 0 fully saturated rings. The Morgan fingerprint density at radius 3 is 2.77 bits per heavy atom. The van der Waals surface area contributed by atoms with Crippen LogP contribution in [0, 0.1) is 0 Å². The van der Waals surface area contributed by atoms with E-state index in [0.717, 1.165) is 5.69 Å². The van der Waals surface area contributed by atoms with Crippen molar-refractivity contribution in [3.63, 3.8) is 0 Å². The van der Waals surface area contributed by atoms with Gasteiger partial charge in [-0.3, -0.25) is 4.74 Å². The zero-order valence-corrected chi connectivity index (χ0v) is 7.41. The van der Waals surface area contributed by atoms with Crippen molar-refractivity contribution in [2.45, 2.75) is 6.36 Å². The van der Waals surface area contributed by atoms with E-state index in [1.54, 1.807) is 6.07 Å². The smallest absolute Gasteiger partial charge is 0.382 e. The van der Waals surface area contributed by atoms with Gasteiger partial charge in [0.05, 0.1) is 6.61 Å². The highest BCUT2D eigenvalue weighted by Gasteiger charge is 2.28. The molecular weight excluding hydrogens is 203 g/mol. The number of hydrogen-bond donors (Lipinski definition) is 1. The molecule has 0 radical (unpaired) electrons. The molecular formula is C7H8F3NOS. The van der Waals surface area contributed by atoms with E-state index in [1.165, 1.54) is 11.3 Å². The van der Waals surface area contributed by atoms with Crippen LogP contribution in [0.15, 0.2) is 16.8 Å². The lowest BCUT2D eigenvalue weighted by Crippen LogP contribution is -2.18. The lowest BCUT2D eigenvalue weighted by atomic mass is 10.5. The van der Waals surface area contributed by atoms with E-state index in [2.05, 4.69) is 10.1 Å². The summed E-state index contributed by atoms with van der Waals surface area (Å²) in [6.45, 7) is -0.227. The first-order valence-electron chi connectivity index (χ1n) is 3.55. The first-order chi connectivity index (χ1) is 6.08. The van der Waals surface area contributed by atoms with Crippen molar-refractivity contribution in [1.29, 1.82) is 0 Å². The highest BCUT2D eigenvalue weighted by Crippen LogP contribution is 2.16. The monoisotopic (exact) mass is 211 g/mol. The minimum Gasteiger partial charge on any atom is -0.382 e. The van der Waals surface area contributed by atoms with Crippen molar-refractivity contribution < 1.29 is 17.9 Å². The molecule has 0 atom stereocenters. The molecule has 1 heterocycles. The number of rotatable bonds is 4. The van der Waals surface area contributed by atoms with Crippen LogP contribution in [0.3, 0.4) is 0 Å². The minimum atomic E-state index is -4.53. The summed E-state index contributed by atoms with van der Waals surface area (Å²) in [5, 5.41) is 6.44. The fraction of sp³-hybridized carbons (Fsp3) is 0.429. The highest BCUT2D eigenvalue weighted by molar-refractivity contribution is 7.08. The maximum Gasteiger partial charge on any atom is 0.522 e. The molecule has 6 heteroatoms. The summed E-state index contributed by atoms with van der Waals surface area (Å²) in [4.78, 5) is 0. The summed E-state index contributed by atoms with van der Waals surface area (Å²) < 4.78 is 38.0. The molecule has 0 spiro atoms. The minimum absolute atomic E-state index is 0.149. The number of hydrogen-bond acceptors (Lipinski definition) is 3. The van der Waals surface area contributed by atoms with Gasteiger partial charge in [-0.25, -0.2) is 0 Å². The average Bonchev–Trinajstić information content (AvgIpc) is 2.48. The number of anilines is 1. The predicted octanol–water partition coefficient (Wildman–Crippen LogP) is 2.70. The normalized spacial score (nSPS) is 11.6. The quantitative estimate of drug-likeness (QED) is 0.773. The summed E-state index contributed by atoms with van der Waals surface area (Å²) in [5.41, 5.74) is 0.816. The second-order valence-corrected chi connectivity index (χ2v) is 3.01. The van der Waals surface area contributed by atoms with Gasteiger partial charge in [0.1, 0.15) is 0 Å². The van der Waals surface area contributed by atoms with Gasteiger partial charge in [-0.15, -0.1) is 13.2 Å². The molecule has 2 nitrogen and oxygen atoms in total. The Kier molecular flexibility index (Phi) is 3.56. The van der Waals surface area contributed by atoms with Crippen molar-refractivity contribution in [2.75, 3.05) is 18.5 Å². The largest absolute Gasteiger partial charge is 0.522 e. The fourth-order valence-electron chi connectivity index (χ4n) is 0.727. The fourth-order valence-corrected chi connectivity index (χ4v) is 1.34. The van der Waals surface area contributed by atoms with E-state index in [9.17, 15) is 13.2 Å². The zero-order chi connectivity index (χ0) is 9.73. The summed E-state index contributed by atoms with van der Waals surface area (Å²) in [7, 11) is 0. The molecule has 0 aliphatic rings. The Hall–Kier alpha value is -0.750. The Labute approximate surface area is 77.3 Å². The number of ether oxygens (including phenoxy) is 1. The van der Waals surface area contributed by atoms with Gasteiger partial charge in [0.2, 0.25) is 0 Å². The highest BCUT2D eigenvalue weighted by atomic mass is 32.1. The van der Waals surface area contributed by atoms with Crippen molar-refractivity contribution in [3.8, 4) is 0 Å². The van der Waals surface area contributed by atoms with Gasteiger partial charge in [0.25, 0.3) is 0 Å². The van der Waals surface area contributed by atoms with E-state index in [0.29, 0.717) is 0 Å². The molecule has 1 N–H and O–H groups in total. The Morgan fingerprint density at radius 2 is 2.23 bits per heavy atom. The van der Waals surface area contributed by atoms with Gasteiger partial charge in [0.15, 0.2) is 0 Å². The Morgan fingerprint density at radius 1 is 1.46 bits per heavy atom. The second kappa shape index (κ2) is 4.48. The van der Waals surface area contributed by atoms with Crippen LogP contribution in [0.5, 0.6) is 0 Å². The zero-order valence-electron chi connectivity index (χ0n) is 6.60. The van der Waals surface area contributed by atoms with Crippen molar-refractivity contribution in [1.82, 2.24) is 0 Å². The third-order valence-corrected chi connectivity index (χ3v) is 1.90. The number of nitrogens with one attached hydrogen (secondary N) is 1. The Balaban J connectivity index is 2.09. The molecule has 0 amide bonds. The Bertz CT molecular complexity index is 234. The van der Waals surface area contributed by atoms with Gasteiger partial charge in [-0.05, 0) is 11.4 Å². The van der Waals surface area contributed by atoms with E-state index < -0.39 is 6.36 Å². The van der Waals surface area contributed by atoms with E-state index in [-0.39, 0.29) is 13.2 Å². The molecule has 0 saturated carbocycles. The van der Waals surface area contributed by atoms with E-state index in [1.807, 2.05) is 10.8 Å². The number of thiophene rings is 1. The number of alkyl halides is 3. The maximum atomic E-state index is 11.5. The van der Waals surface area contributed by atoms with Gasteiger partial charge in [-0.1, -0.05) is 0 Å². The molecule has 0 aliphatic carbocycles. The van der Waals surface area contributed by atoms with Crippen LogP contribution in [0.2, 0.25) is 0 Å². The standard InChI is InChI=1S/C7H8F3NOS/c8-7(9,10)12-3-2-11-6-1-4-13-5-6/h1,4-5,11H,2-3H2. The maximum absolute atomic E-state index is 11.5. The third kappa shape index (κ3) is 4.74. The van der Waals surface area contributed by atoms with Crippen LogP contribution < -0.4 is 5.32 Å². The van der Waals surface area contributed by atoms with Gasteiger partial charge < -0.3 is 5.32 Å². The average molecular weight is 211 g/mol. The van der Waals surface area contributed by atoms with Gasteiger partial charge in [-0.2, -0.15) is 11.3 Å². The molecule has 0 aromatic carbocycles. The van der Waals surface area contributed by atoms with Gasteiger partial charge >= 0.3 is 6.36 Å². The molecule has 74 valence electrons. The molecule has 1 aromatic rings. The van der Waals surface area contributed by atoms with Crippen LogP contribution in [-0.2, 0) is 4.74 Å². The van der Waals surface area contributed by atoms with E-state index in [4.69, 9.17) is 0 Å². The lowest BCUT2D eigenvalue weighted by molar-refractivity contribution is -0.322. The van der Waals surface area contributed by atoms with Gasteiger partial charge in [0, 0.05) is 17.6 Å². The lowest BCUT2D eigenvalue weighted by Gasteiger charge is -2.07. The van der Waals surface area contributed by atoms with Crippen LogP contribution in [0.1, 0.15) is 0 Å². The molecule has 0 unspecified atom stereocenters. The molecule has 0 saturated heterocycles. The molecule has 0 aliphatic heterocycles. The molecule has 1 aromatic heterocycles. The third-order valence-electron chi connectivity index (χ3n) is 1.22. The molecule has 1 rings (SSSR count). The van der Waals surface area contributed by atoms with Crippen LogP contribution in [-0.4, -0.2) is 19.5 Å². The molecule has 13 heavy (non-hydrogen) atoms. The van der Waals surface area contributed by atoms with E-state index >= 15 is 0 Å². The SMILES string of the molecule is FC(F)(F)OCCNc1ccsc1. The molecule has 0 bridgehead atoms. The topological polar surface area (TPSA) is 21.3 Å². The first kappa shape index (κ1) is 10.3. The summed E-state index contributed by atoms with van der Waals surface area (Å²) in [6.07, 6.45) is -4.53. The summed E-state index contributed by atoms with van der Waals surface area (Å²) in [6, 6.07) is 1.79. The van der Waals surface area contributed by atoms with Crippen molar-refractivity contribution in [3.05, 3.63) is 16.8 Å². The summed E-state index contributed by atoms with van der Waals surface area (Å²) in [5.74, 6) is 0. The van der Waals surface area contributed by atoms with Crippen LogP contribution >= 0.6 is 11.3 Å². The van der Waals surface area contributed by atoms with Crippen LogP contribution in [0.25, 0.3) is 0 Å². The number of halogens is 3. The predicted molar refractivity (Wildman–Crippen MR) is 44.8 cm³/mol. The van der Waals surface area contributed by atoms with Crippen molar-refractivity contribution in [2.24, 2.45) is 0 Å².